The van der Waals surface area contributed by atoms with Crippen molar-refractivity contribution in [2.24, 2.45) is 0 Å². The quantitative estimate of drug-likeness (QED) is 0.512. The Labute approximate surface area is 186 Å². The van der Waals surface area contributed by atoms with Crippen LogP contribution in [0.3, 0.4) is 0 Å². The van der Waals surface area contributed by atoms with Crippen molar-refractivity contribution in [2.75, 3.05) is 0 Å². The van der Waals surface area contributed by atoms with Gasteiger partial charge in [-0.25, -0.2) is 4.39 Å². The average molecular weight is 470 g/mol. The molecule has 3 N–H and O–H groups in total. The standard InChI is InChI=1S/C23H20ClF4NO3/c1-12-10-17(25)16(13-2-4-14(24)5-3-13)11-15(12)18-19(30)21(29-20(18)31)6-8-22(32,9-7-21)23(26,27)28/h2-5,10-11,30,32H,6-9H2,1H3,(H,29,31). The molecule has 9 heteroatoms. The van der Waals surface area contributed by atoms with Crippen molar-refractivity contribution in [2.45, 2.75) is 49.9 Å². The molecule has 0 aromatic heterocycles. The first-order chi connectivity index (χ1) is 14.9. The fraction of sp³-hybridized carbons (Fsp3) is 0.348. The molecule has 0 bridgehead atoms. The number of halogens is 5. The molecule has 1 aliphatic carbocycles. The van der Waals surface area contributed by atoms with Gasteiger partial charge in [-0.2, -0.15) is 13.2 Å². The summed E-state index contributed by atoms with van der Waals surface area (Å²) in [6.45, 7) is 1.58. The number of alkyl halides is 3. The first kappa shape index (κ1) is 22.6. The summed E-state index contributed by atoms with van der Waals surface area (Å²) in [5, 5.41) is 24.0. The van der Waals surface area contributed by atoms with E-state index in [1.54, 1.807) is 31.2 Å². The molecule has 1 saturated carbocycles. The molecule has 0 unspecified atom stereocenters. The second kappa shape index (κ2) is 7.49. The SMILES string of the molecule is Cc1cc(F)c(-c2ccc(Cl)cc2)cc1C1=C(O)C2(CCC(O)(C(F)(F)F)CC2)NC1=O. The first-order valence-electron chi connectivity index (χ1n) is 9.99. The average Bonchev–Trinajstić information content (AvgIpc) is 2.95. The molecule has 1 heterocycles. The molecule has 2 aromatic rings. The monoisotopic (exact) mass is 469 g/mol. The van der Waals surface area contributed by atoms with E-state index in [9.17, 15) is 32.6 Å². The Bertz CT molecular complexity index is 1120. The molecule has 0 atom stereocenters. The van der Waals surface area contributed by atoms with Crippen LogP contribution in [0, 0.1) is 12.7 Å². The summed E-state index contributed by atoms with van der Waals surface area (Å²) in [5.41, 5.74) is -3.00. The topological polar surface area (TPSA) is 69.6 Å². The highest BCUT2D eigenvalue weighted by molar-refractivity contribution is 6.30. The Morgan fingerprint density at radius 3 is 2.19 bits per heavy atom. The van der Waals surface area contributed by atoms with Gasteiger partial charge in [0.05, 0.1) is 11.1 Å². The number of nitrogens with one attached hydrogen (secondary N) is 1. The fourth-order valence-electron chi connectivity index (χ4n) is 4.46. The smallest absolute Gasteiger partial charge is 0.417 e. The third-order valence-corrected chi connectivity index (χ3v) is 6.72. The van der Waals surface area contributed by atoms with Crippen molar-refractivity contribution in [3.05, 3.63) is 64.1 Å². The lowest BCUT2D eigenvalue weighted by Gasteiger charge is -2.42. The maximum atomic E-state index is 14.7. The molecule has 0 saturated heterocycles. The van der Waals surface area contributed by atoms with Crippen LogP contribution in [-0.4, -0.2) is 33.4 Å². The molecular weight excluding hydrogens is 450 g/mol. The normalized spacial score (nSPS) is 26.0. The third kappa shape index (κ3) is 3.55. The van der Waals surface area contributed by atoms with Gasteiger partial charge in [0.2, 0.25) is 0 Å². The molecule has 2 aromatic carbocycles. The molecule has 4 nitrogen and oxygen atoms in total. The summed E-state index contributed by atoms with van der Waals surface area (Å²) >= 11 is 5.89. The van der Waals surface area contributed by atoms with Gasteiger partial charge in [-0.1, -0.05) is 23.7 Å². The van der Waals surface area contributed by atoms with E-state index in [0.29, 0.717) is 16.1 Å². The number of carbonyl (C=O) groups is 1. The van der Waals surface area contributed by atoms with Crippen molar-refractivity contribution in [3.63, 3.8) is 0 Å². The van der Waals surface area contributed by atoms with E-state index >= 15 is 0 Å². The minimum Gasteiger partial charge on any atom is -0.509 e. The summed E-state index contributed by atoms with van der Waals surface area (Å²) < 4.78 is 54.2. The lowest BCUT2D eigenvalue weighted by atomic mass is 9.73. The number of hydrogen-bond acceptors (Lipinski definition) is 3. The molecule has 2 aliphatic rings. The third-order valence-electron chi connectivity index (χ3n) is 6.47. The molecule has 4 rings (SSSR count). The van der Waals surface area contributed by atoms with Crippen LogP contribution in [-0.2, 0) is 4.79 Å². The summed E-state index contributed by atoms with van der Waals surface area (Å²) in [6.07, 6.45) is -6.69. The number of aliphatic hydroxyl groups excluding tert-OH is 1. The molecule has 1 amide bonds. The molecule has 1 spiro atoms. The molecule has 0 radical (unpaired) electrons. The number of carbonyl (C=O) groups excluding carboxylic acids is 1. The lowest BCUT2D eigenvalue weighted by Crippen LogP contribution is -2.56. The van der Waals surface area contributed by atoms with Crippen LogP contribution in [0.15, 0.2) is 42.2 Å². The number of amides is 1. The van der Waals surface area contributed by atoms with Gasteiger partial charge < -0.3 is 15.5 Å². The van der Waals surface area contributed by atoms with Crippen molar-refractivity contribution in [1.29, 1.82) is 0 Å². The van der Waals surface area contributed by atoms with Gasteiger partial charge in [0, 0.05) is 10.6 Å². The van der Waals surface area contributed by atoms with Crippen LogP contribution < -0.4 is 5.32 Å². The van der Waals surface area contributed by atoms with E-state index in [1.165, 1.54) is 12.1 Å². The molecule has 1 aliphatic heterocycles. The minimum absolute atomic E-state index is 0.102. The molecular formula is C23H20ClF4NO3. The number of rotatable bonds is 2. The number of benzene rings is 2. The zero-order valence-electron chi connectivity index (χ0n) is 17.0. The van der Waals surface area contributed by atoms with E-state index in [2.05, 4.69) is 5.32 Å². The summed E-state index contributed by atoms with van der Waals surface area (Å²) in [6, 6.07) is 9.09. The van der Waals surface area contributed by atoms with Crippen LogP contribution in [0.25, 0.3) is 16.7 Å². The van der Waals surface area contributed by atoms with E-state index in [1.807, 2.05) is 0 Å². The summed E-state index contributed by atoms with van der Waals surface area (Å²) in [7, 11) is 0. The Morgan fingerprint density at radius 2 is 1.62 bits per heavy atom. The molecule has 32 heavy (non-hydrogen) atoms. The van der Waals surface area contributed by atoms with Crippen molar-refractivity contribution < 1.29 is 32.6 Å². The highest BCUT2D eigenvalue weighted by Gasteiger charge is 2.60. The van der Waals surface area contributed by atoms with E-state index in [-0.39, 0.29) is 35.3 Å². The fourth-order valence-corrected chi connectivity index (χ4v) is 4.59. The molecule has 1 fully saturated rings. The van der Waals surface area contributed by atoms with Crippen LogP contribution in [0.2, 0.25) is 5.02 Å². The molecule has 170 valence electrons. The lowest BCUT2D eigenvalue weighted by molar-refractivity contribution is -0.272. The second-order valence-corrected chi connectivity index (χ2v) is 8.88. The first-order valence-corrected chi connectivity index (χ1v) is 10.4. The van der Waals surface area contributed by atoms with E-state index in [4.69, 9.17) is 11.6 Å². The predicted molar refractivity (Wildman–Crippen MR) is 111 cm³/mol. The van der Waals surface area contributed by atoms with Crippen molar-refractivity contribution in [3.8, 4) is 11.1 Å². The minimum atomic E-state index is -4.81. The van der Waals surface area contributed by atoms with Crippen LogP contribution in [0.1, 0.15) is 36.8 Å². The van der Waals surface area contributed by atoms with Gasteiger partial charge in [0.15, 0.2) is 5.60 Å². The van der Waals surface area contributed by atoms with Gasteiger partial charge in [0.1, 0.15) is 11.6 Å². The zero-order valence-corrected chi connectivity index (χ0v) is 17.7. The predicted octanol–water partition coefficient (Wildman–Crippen LogP) is 5.46. The Hall–Kier alpha value is -2.58. The second-order valence-electron chi connectivity index (χ2n) is 8.44. The highest BCUT2D eigenvalue weighted by atomic mass is 35.5. The zero-order chi connectivity index (χ0) is 23.5. The Balaban J connectivity index is 1.75. The maximum Gasteiger partial charge on any atom is 0.417 e. The van der Waals surface area contributed by atoms with Crippen LogP contribution >= 0.6 is 11.6 Å². The number of aryl methyl sites for hydroxylation is 1. The van der Waals surface area contributed by atoms with Gasteiger partial charge in [-0.05, 0) is 73.6 Å². The van der Waals surface area contributed by atoms with Crippen LogP contribution in [0.4, 0.5) is 17.6 Å². The van der Waals surface area contributed by atoms with Gasteiger partial charge in [0.25, 0.3) is 5.91 Å². The van der Waals surface area contributed by atoms with Gasteiger partial charge in [-0.15, -0.1) is 0 Å². The van der Waals surface area contributed by atoms with Crippen LogP contribution in [0.5, 0.6) is 0 Å². The highest BCUT2D eigenvalue weighted by Crippen LogP contribution is 2.49. The van der Waals surface area contributed by atoms with E-state index in [0.717, 1.165) is 0 Å². The summed E-state index contributed by atoms with van der Waals surface area (Å²) in [4.78, 5) is 12.8. The number of hydrogen-bond donors (Lipinski definition) is 3. The Kier molecular flexibility index (Phi) is 5.29. The van der Waals surface area contributed by atoms with Crippen molar-refractivity contribution in [1.82, 2.24) is 5.32 Å². The largest absolute Gasteiger partial charge is 0.509 e. The van der Waals surface area contributed by atoms with Crippen molar-refractivity contribution >= 4 is 23.1 Å². The van der Waals surface area contributed by atoms with E-state index < -0.39 is 41.9 Å². The number of aliphatic hydroxyl groups is 2. The Morgan fingerprint density at radius 1 is 1.03 bits per heavy atom. The van der Waals surface area contributed by atoms with Gasteiger partial charge in [-0.3, -0.25) is 4.79 Å². The summed E-state index contributed by atoms with van der Waals surface area (Å²) in [5.74, 6) is -1.57. The maximum absolute atomic E-state index is 14.7. The van der Waals surface area contributed by atoms with Gasteiger partial charge >= 0.3 is 6.18 Å².